The highest BCUT2D eigenvalue weighted by Gasteiger charge is 2.34. The summed E-state index contributed by atoms with van der Waals surface area (Å²) in [7, 11) is 4.01. The highest BCUT2D eigenvalue weighted by Crippen LogP contribution is 2.40. The number of hydrogen-bond acceptors (Lipinski definition) is 7. The predicted octanol–water partition coefficient (Wildman–Crippen LogP) is 6.29. The molecule has 0 saturated heterocycles. The second-order valence-corrected chi connectivity index (χ2v) is 12.4. The van der Waals surface area contributed by atoms with Crippen molar-refractivity contribution in [3.63, 3.8) is 0 Å². The van der Waals surface area contributed by atoms with Crippen LogP contribution in [0.3, 0.4) is 0 Å². The van der Waals surface area contributed by atoms with Gasteiger partial charge < -0.3 is 14.2 Å². The SMILES string of the molecule is CCc1cc(-c2cc(Cl)c3cn(C(C(=O)Nc4nccs4)c4ncn5c4C[C@@H](F)C5)nc3c2Cl)ccc1OCCN(C)C. The number of fused-ring (bicyclic) bond motifs is 2. The van der Waals surface area contributed by atoms with Crippen molar-refractivity contribution in [1.29, 1.82) is 0 Å². The summed E-state index contributed by atoms with van der Waals surface area (Å²) < 4.78 is 23.6. The first-order chi connectivity index (χ1) is 20.7. The van der Waals surface area contributed by atoms with Gasteiger partial charge in [0.25, 0.3) is 5.91 Å². The van der Waals surface area contributed by atoms with Crippen LogP contribution in [-0.4, -0.2) is 68.5 Å². The lowest BCUT2D eigenvalue weighted by Gasteiger charge is -2.16. The first-order valence-electron chi connectivity index (χ1n) is 13.9. The maximum atomic E-state index is 14.3. The molecule has 0 fully saturated rings. The van der Waals surface area contributed by atoms with E-state index in [4.69, 9.17) is 33.0 Å². The molecule has 0 aliphatic carbocycles. The number of carbonyl (C=O) groups is 1. The van der Waals surface area contributed by atoms with Crippen LogP contribution in [0, 0.1) is 0 Å². The van der Waals surface area contributed by atoms with E-state index in [1.807, 2.05) is 32.3 Å². The van der Waals surface area contributed by atoms with Crippen LogP contribution < -0.4 is 10.1 Å². The average Bonchev–Trinajstić information content (AvgIpc) is 3.77. The van der Waals surface area contributed by atoms with E-state index in [1.54, 1.807) is 28.7 Å². The number of amides is 1. The molecule has 5 aromatic rings. The topological polar surface area (TPSA) is 90.1 Å². The van der Waals surface area contributed by atoms with Crippen molar-refractivity contribution in [1.82, 2.24) is 29.2 Å². The Morgan fingerprint density at radius 3 is 2.86 bits per heavy atom. The Kier molecular flexibility index (Phi) is 8.41. The molecule has 9 nitrogen and oxygen atoms in total. The van der Waals surface area contributed by atoms with Gasteiger partial charge in [0.2, 0.25) is 0 Å². The van der Waals surface area contributed by atoms with Crippen LogP contribution in [0.5, 0.6) is 5.75 Å². The van der Waals surface area contributed by atoms with Crippen LogP contribution >= 0.6 is 34.5 Å². The number of hydrogen-bond donors (Lipinski definition) is 1. The summed E-state index contributed by atoms with van der Waals surface area (Å²) in [5.74, 6) is 0.425. The highest BCUT2D eigenvalue weighted by atomic mass is 35.5. The van der Waals surface area contributed by atoms with E-state index in [9.17, 15) is 9.18 Å². The van der Waals surface area contributed by atoms with Crippen LogP contribution in [0.1, 0.15) is 29.9 Å². The fourth-order valence-electron chi connectivity index (χ4n) is 5.32. The molecule has 0 spiro atoms. The van der Waals surface area contributed by atoms with Crippen molar-refractivity contribution in [3.05, 3.63) is 75.4 Å². The lowest BCUT2D eigenvalue weighted by molar-refractivity contribution is -0.118. The Balaban J connectivity index is 1.40. The molecule has 1 unspecified atom stereocenters. The minimum absolute atomic E-state index is 0.164. The third-order valence-corrected chi connectivity index (χ3v) is 8.86. The lowest BCUT2D eigenvalue weighted by atomic mass is 10.00. The standard InChI is InChI=1S/C30H30Cl2FN7O2S/c1-4-17-11-18(5-6-24(17)42-9-8-38(2)3)20-13-22(31)21-15-40(37-26(21)25(20)32)28(29(41)36-30-34-7-10-43-30)27-23-12-19(33)14-39(23)16-35-27/h5-7,10-11,13,15-16,19,28H,4,8-9,12,14H2,1-3H3,(H,34,36,41)/t19-,28?/m1/s1. The van der Waals surface area contributed by atoms with Gasteiger partial charge in [0.05, 0.1) is 28.6 Å². The smallest absolute Gasteiger partial charge is 0.257 e. The van der Waals surface area contributed by atoms with Gasteiger partial charge in [-0.05, 0) is 49.8 Å². The summed E-state index contributed by atoms with van der Waals surface area (Å²) in [6.07, 6.45) is 4.75. The van der Waals surface area contributed by atoms with Crippen molar-refractivity contribution in [2.45, 2.75) is 38.5 Å². The van der Waals surface area contributed by atoms with Gasteiger partial charge >= 0.3 is 0 Å². The van der Waals surface area contributed by atoms with Crippen LogP contribution in [0.15, 0.2) is 48.4 Å². The largest absolute Gasteiger partial charge is 0.492 e. The molecule has 13 heteroatoms. The number of thiazole rings is 1. The van der Waals surface area contributed by atoms with E-state index in [0.29, 0.717) is 49.6 Å². The molecule has 1 aliphatic heterocycles. The molecule has 0 radical (unpaired) electrons. The highest BCUT2D eigenvalue weighted by molar-refractivity contribution is 7.13. The molecule has 2 aromatic carbocycles. The van der Waals surface area contributed by atoms with Crippen LogP contribution in [0.25, 0.3) is 22.0 Å². The summed E-state index contributed by atoms with van der Waals surface area (Å²) in [6, 6.07) is 6.77. The van der Waals surface area contributed by atoms with Gasteiger partial charge in [-0.3, -0.25) is 14.8 Å². The van der Waals surface area contributed by atoms with Gasteiger partial charge in [0.1, 0.15) is 24.0 Å². The summed E-state index contributed by atoms with van der Waals surface area (Å²) >= 11 is 15.1. The molecule has 224 valence electrons. The molecule has 0 bridgehead atoms. The third kappa shape index (κ3) is 5.86. The second-order valence-electron chi connectivity index (χ2n) is 10.7. The Bertz CT molecular complexity index is 1790. The van der Waals surface area contributed by atoms with E-state index in [0.717, 1.165) is 29.8 Å². The number of nitrogens with zero attached hydrogens (tertiary/aromatic N) is 6. The number of alkyl halides is 1. The van der Waals surface area contributed by atoms with Crippen molar-refractivity contribution in [3.8, 4) is 16.9 Å². The molecular weight excluding hydrogens is 612 g/mol. The number of aromatic nitrogens is 5. The Morgan fingerprint density at radius 1 is 1.28 bits per heavy atom. The lowest BCUT2D eigenvalue weighted by Crippen LogP contribution is -2.28. The zero-order chi connectivity index (χ0) is 30.2. The monoisotopic (exact) mass is 641 g/mol. The fraction of sp³-hybridized carbons (Fsp3) is 0.333. The quantitative estimate of drug-likeness (QED) is 0.193. The maximum Gasteiger partial charge on any atom is 0.257 e. The summed E-state index contributed by atoms with van der Waals surface area (Å²) in [4.78, 5) is 24.5. The van der Waals surface area contributed by atoms with Crippen molar-refractivity contribution < 1.29 is 13.9 Å². The third-order valence-electron chi connectivity index (χ3n) is 7.48. The molecule has 3 aromatic heterocycles. The first-order valence-corrected chi connectivity index (χ1v) is 15.5. The Hall–Kier alpha value is -3.51. The van der Waals surface area contributed by atoms with Crippen LogP contribution in [0.4, 0.5) is 9.52 Å². The molecule has 1 amide bonds. The molecule has 0 saturated carbocycles. The Morgan fingerprint density at radius 2 is 2.12 bits per heavy atom. The number of anilines is 1. The second kappa shape index (κ2) is 12.2. The van der Waals surface area contributed by atoms with Gasteiger partial charge in [-0.1, -0.05) is 36.2 Å². The van der Waals surface area contributed by atoms with Crippen molar-refractivity contribution in [2.75, 3.05) is 32.6 Å². The summed E-state index contributed by atoms with van der Waals surface area (Å²) in [6.45, 7) is 3.67. The number of likely N-dealkylation sites (N-methyl/N-ethyl adjacent to an activating group) is 1. The summed E-state index contributed by atoms with van der Waals surface area (Å²) in [5, 5.41) is 11.2. The Labute approximate surface area is 262 Å². The molecule has 2 atom stereocenters. The number of benzene rings is 2. The minimum atomic E-state index is -1.04. The van der Waals surface area contributed by atoms with Crippen molar-refractivity contribution >= 4 is 56.5 Å². The van der Waals surface area contributed by atoms with E-state index in [2.05, 4.69) is 33.2 Å². The normalized spacial score (nSPS) is 15.3. The molecular formula is C30H30Cl2FN7O2S. The van der Waals surface area contributed by atoms with Gasteiger partial charge in [-0.25, -0.2) is 14.4 Å². The predicted molar refractivity (Wildman–Crippen MR) is 168 cm³/mol. The zero-order valence-electron chi connectivity index (χ0n) is 23.9. The maximum absolute atomic E-state index is 14.3. The number of carbonyl (C=O) groups excluding carboxylic acids is 1. The van der Waals surface area contributed by atoms with Crippen molar-refractivity contribution in [2.24, 2.45) is 0 Å². The molecule has 4 heterocycles. The number of aryl methyl sites for hydroxylation is 1. The van der Waals surface area contributed by atoms with E-state index in [-0.39, 0.29) is 13.0 Å². The van der Waals surface area contributed by atoms with Crippen LogP contribution in [0.2, 0.25) is 10.0 Å². The zero-order valence-corrected chi connectivity index (χ0v) is 26.2. The van der Waals surface area contributed by atoms with E-state index in [1.165, 1.54) is 16.0 Å². The molecule has 1 N–H and O–H groups in total. The van der Waals surface area contributed by atoms with Gasteiger partial charge in [0.15, 0.2) is 11.2 Å². The van der Waals surface area contributed by atoms with E-state index >= 15 is 0 Å². The molecule has 43 heavy (non-hydrogen) atoms. The van der Waals surface area contributed by atoms with Gasteiger partial charge in [0, 0.05) is 47.4 Å². The fourth-order valence-corrected chi connectivity index (χ4v) is 6.40. The average molecular weight is 643 g/mol. The van der Waals surface area contributed by atoms with Gasteiger partial charge in [-0.15, -0.1) is 11.3 Å². The molecule has 6 rings (SSSR count). The number of imidazole rings is 1. The summed E-state index contributed by atoms with van der Waals surface area (Å²) in [5.41, 5.74) is 4.16. The number of nitrogens with one attached hydrogen (secondary N) is 1. The minimum Gasteiger partial charge on any atom is -0.492 e. The van der Waals surface area contributed by atoms with Gasteiger partial charge in [-0.2, -0.15) is 5.10 Å². The number of rotatable bonds is 10. The number of halogens is 3. The first kappa shape index (κ1) is 29.6. The molecule has 1 aliphatic rings. The van der Waals surface area contributed by atoms with E-state index < -0.39 is 18.1 Å². The number of ether oxygens (including phenoxy) is 1. The van der Waals surface area contributed by atoms with Crippen LogP contribution in [-0.2, 0) is 24.2 Å².